The van der Waals surface area contributed by atoms with Crippen molar-refractivity contribution in [2.24, 2.45) is 11.8 Å². The van der Waals surface area contributed by atoms with E-state index in [4.69, 9.17) is 4.98 Å². The molecule has 0 spiro atoms. The van der Waals surface area contributed by atoms with Crippen LogP contribution in [-0.4, -0.2) is 66.4 Å². The minimum atomic E-state index is -4.14. The lowest BCUT2D eigenvalue weighted by Crippen LogP contribution is -2.58. The molecule has 7 rings (SSSR count). The van der Waals surface area contributed by atoms with E-state index < -0.39 is 27.6 Å². The molecule has 0 radical (unpaired) electrons. The van der Waals surface area contributed by atoms with Crippen molar-refractivity contribution in [1.29, 1.82) is 0 Å². The summed E-state index contributed by atoms with van der Waals surface area (Å²) in [7, 11) is -4.14. The van der Waals surface area contributed by atoms with Crippen molar-refractivity contribution in [2.75, 3.05) is 25.0 Å². The van der Waals surface area contributed by atoms with Crippen molar-refractivity contribution in [3.63, 3.8) is 0 Å². The lowest BCUT2D eigenvalue weighted by molar-refractivity contribution is -0.144. The molecule has 298 valence electrons. The van der Waals surface area contributed by atoms with Gasteiger partial charge in [-0.05, 0) is 85.6 Å². The third kappa shape index (κ3) is 8.41. The van der Waals surface area contributed by atoms with Gasteiger partial charge in [0.2, 0.25) is 21.8 Å². The number of aryl methyl sites for hydroxylation is 1. The Hall–Kier alpha value is -5.26. The van der Waals surface area contributed by atoms with Crippen LogP contribution in [0.4, 0.5) is 5.69 Å². The fourth-order valence-corrected chi connectivity index (χ4v) is 10.1. The molecule has 0 bridgehead atoms. The van der Waals surface area contributed by atoms with E-state index in [1.165, 1.54) is 0 Å². The van der Waals surface area contributed by atoms with Gasteiger partial charge < -0.3 is 20.1 Å². The number of fused-ring (bicyclic) bond motifs is 1. The van der Waals surface area contributed by atoms with E-state index in [1.54, 1.807) is 17.0 Å². The molecule has 5 aromatic rings. The minimum absolute atomic E-state index is 0.134. The highest BCUT2D eigenvalue weighted by Gasteiger charge is 2.40. The van der Waals surface area contributed by atoms with Gasteiger partial charge in [-0.1, -0.05) is 117 Å². The summed E-state index contributed by atoms with van der Waals surface area (Å²) in [4.78, 5) is 34.5. The van der Waals surface area contributed by atoms with E-state index >= 15 is 0 Å². The predicted octanol–water partition coefficient (Wildman–Crippen LogP) is 6.76. The maximum absolute atomic E-state index is 14.6. The number of sulfonamides is 1. The lowest BCUT2D eigenvalue weighted by atomic mass is 9.77. The fraction of sp³-hybridized carbons (Fsp3) is 0.370. The second kappa shape index (κ2) is 17.5. The molecule has 2 aliphatic heterocycles. The molecule has 0 aliphatic carbocycles. The number of nitrogens with zero attached hydrogens (tertiary/aromatic N) is 3. The number of amides is 2. The summed E-state index contributed by atoms with van der Waals surface area (Å²) in [5.41, 5.74) is 4.87. The number of hydrogen-bond donors (Lipinski definition) is 3. The first kappa shape index (κ1) is 40.0. The number of imidazole rings is 1. The first-order valence-corrected chi connectivity index (χ1v) is 21.8. The Balaban J connectivity index is 1.19. The van der Waals surface area contributed by atoms with Crippen LogP contribution in [0, 0.1) is 11.8 Å². The maximum Gasteiger partial charge on any atom is 0.243 e. The van der Waals surface area contributed by atoms with Gasteiger partial charge in [0.1, 0.15) is 22.5 Å². The topological polar surface area (TPSA) is 125 Å². The van der Waals surface area contributed by atoms with Crippen LogP contribution < -0.4 is 15.4 Å². The quantitative estimate of drug-likeness (QED) is 0.107. The summed E-state index contributed by atoms with van der Waals surface area (Å²) in [5, 5.41) is 6.23. The van der Waals surface area contributed by atoms with Crippen molar-refractivity contribution in [3.8, 4) is 0 Å². The van der Waals surface area contributed by atoms with Gasteiger partial charge in [-0.15, -0.1) is 0 Å². The molecular weight excluding hydrogens is 733 g/mol. The summed E-state index contributed by atoms with van der Waals surface area (Å²) < 4.78 is 33.6. The van der Waals surface area contributed by atoms with E-state index in [0.29, 0.717) is 50.5 Å². The number of likely N-dealkylation sites (N-methyl/N-ethyl adjacent to an activating group) is 1. The number of carbonyl (C=O) groups is 2. The molecule has 1 saturated heterocycles. The molecule has 3 N–H and O–H groups in total. The van der Waals surface area contributed by atoms with E-state index in [1.807, 2.05) is 73.9 Å². The van der Waals surface area contributed by atoms with Crippen LogP contribution in [0.15, 0.2) is 127 Å². The maximum atomic E-state index is 14.6. The van der Waals surface area contributed by atoms with Gasteiger partial charge in [0.05, 0.1) is 17.7 Å². The number of aromatic nitrogens is 2. The summed E-state index contributed by atoms with van der Waals surface area (Å²) in [6, 6.07) is 34.7. The first-order valence-electron chi connectivity index (χ1n) is 20.3. The van der Waals surface area contributed by atoms with Crippen molar-refractivity contribution in [1.82, 2.24) is 24.5 Å². The molecule has 0 saturated carbocycles. The number of carbonyl (C=O) groups excluding carboxylic acids is 2. The lowest BCUT2D eigenvalue weighted by Gasteiger charge is -2.39. The second-order valence-electron chi connectivity index (χ2n) is 15.7. The number of benzene rings is 4. The highest BCUT2D eigenvalue weighted by molar-refractivity contribution is 7.89. The molecule has 2 amide bonds. The van der Waals surface area contributed by atoms with Gasteiger partial charge in [0, 0.05) is 25.8 Å². The summed E-state index contributed by atoms with van der Waals surface area (Å²) in [5.74, 6) is 0.0340. The molecule has 1 aromatic heterocycles. The first-order chi connectivity index (χ1) is 27.6. The second-order valence-corrected chi connectivity index (χ2v) is 17.4. The van der Waals surface area contributed by atoms with Crippen molar-refractivity contribution in [2.45, 2.75) is 81.8 Å². The standard InChI is InChI=1S/C46H54N6O4S/c1-4-47-44(53)41-29-33(2)26-27-52(41)45(54)40(50-57(55,56)42-25-14-16-35-28-34(3)30-48-43(35)42)24-15-23-39-31-51(32-49-39)46(36-17-8-5-9-18-36,37-19-10-6-11-20-37)38-21-12-7-13-22-38/h5-14,16-22,25,31-34,40-41,48,50H,4,15,23-24,26-30H2,1-3H3,(H,47,53)/t33?,34?,40?,41-/m1/s1. The number of para-hydroxylation sites is 1. The Bertz CT molecular complexity index is 2150. The number of anilines is 1. The molecule has 57 heavy (non-hydrogen) atoms. The zero-order valence-electron chi connectivity index (χ0n) is 33.1. The zero-order valence-corrected chi connectivity index (χ0v) is 33.9. The third-order valence-corrected chi connectivity index (χ3v) is 13.0. The summed E-state index contributed by atoms with van der Waals surface area (Å²) in [6.07, 6.45) is 7.15. The van der Waals surface area contributed by atoms with Crippen molar-refractivity contribution >= 4 is 27.5 Å². The highest BCUT2D eigenvalue weighted by atomic mass is 32.2. The Morgan fingerprint density at radius 3 is 2.12 bits per heavy atom. The molecule has 3 heterocycles. The van der Waals surface area contributed by atoms with Gasteiger partial charge >= 0.3 is 0 Å². The van der Waals surface area contributed by atoms with Gasteiger partial charge in [0.15, 0.2) is 0 Å². The molecule has 4 atom stereocenters. The smallest absolute Gasteiger partial charge is 0.243 e. The molecule has 2 aliphatic rings. The van der Waals surface area contributed by atoms with Crippen LogP contribution in [0.2, 0.25) is 0 Å². The van der Waals surface area contributed by atoms with Crippen LogP contribution in [0.3, 0.4) is 0 Å². The van der Waals surface area contributed by atoms with Crippen LogP contribution >= 0.6 is 0 Å². The largest absolute Gasteiger partial charge is 0.383 e. The number of rotatable bonds is 14. The Morgan fingerprint density at radius 2 is 1.51 bits per heavy atom. The predicted molar refractivity (Wildman–Crippen MR) is 224 cm³/mol. The summed E-state index contributed by atoms with van der Waals surface area (Å²) in [6.45, 7) is 7.55. The van der Waals surface area contributed by atoms with Crippen LogP contribution in [-0.2, 0) is 38.0 Å². The van der Waals surface area contributed by atoms with Crippen molar-refractivity contribution in [3.05, 3.63) is 150 Å². The highest BCUT2D eigenvalue weighted by Crippen LogP contribution is 2.41. The molecule has 10 nitrogen and oxygen atoms in total. The Kier molecular flexibility index (Phi) is 12.3. The Morgan fingerprint density at radius 1 is 0.877 bits per heavy atom. The van der Waals surface area contributed by atoms with Crippen LogP contribution in [0.1, 0.15) is 74.4 Å². The molecule has 11 heteroatoms. The van der Waals surface area contributed by atoms with Crippen molar-refractivity contribution < 1.29 is 18.0 Å². The number of likely N-dealkylation sites (tertiary alicyclic amines) is 1. The van der Waals surface area contributed by atoms with E-state index in [0.717, 1.165) is 40.8 Å². The van der Waals surface area contributed by atoms with E-state index in [-0.39, 0.29) is 29.0 Å². The van der Waals surface area contributed by atoms with Gasteiger partial charge in [-0.25, -0.2) is 13.4 Å². The third-order valence-electron chi connectivity index (χ3n) is 11.5. The number of nitrogens with one attached hydrogen (secondary N) is 3. The van der Waals surface area contributed by atoms with Crippen LogP contribution in [0.5, 0.6) is 0 Å². The molecule has 3 unspecified atom stereocenters. The average molecular weight is 787 g/mol. The fourth-order valence-electron chi connectivity index (χ4n) is 8.67. The normalized spacial score (nSPS) is 18.9. The van der Waals surface area contributed by atoms with E-state index in [9.17, 15) is 18.0 Å². The van der Waals surface area contributed by atoms with E-state index in [2.05, 4.69) is 76.4 Å². The number of piperidine rings is 1. The van der Waals surface area contributed by atoms with Gasteiger partial charge in [-0.3, -0.25) is 9.59 Å². The van der Waals surface area contributed by atoms with Gasteiger partial charge in [-0.2, -0.15) is 4.72 Å². The Labute approximate surface area is 337 Å². The monoisotopic (exact) mass is 786 g/mol. The molecule has 4 aromatic carbocycles. The number of hydrogen-bond acceptors (Lipinski definition) is 6. The minimum Gasteiger partial charge on any atom is -0.383 e. The molecular formula is C46H54N6O4S. The van der Waals surface area contributed by atoms with Crippen LogP contribution in [0.25, 0.3) is 0 Å². The molecule has 1 fully saturated rings. The summed E-state index contributed by atoms with van der Waals surface area (Å²) >= 11 is 0. The van der Waals surface area contributed by atoms with Gasteiger partial charge in [0.25, 0.3) is 0 Å². The average Bonchev–Trinajstić information content (AvgIpc) is 3.70. The SMILES string of the molecule is CCNC(=O)[C@H]1CC(C)CCN1C(=O)C(CCCc1cn(C(c2ccccc2)(c2ccccc2)c2ccccc2)cn1)NS(=O)(=O)c1cccc2c1NCC(C)C2. The zero-order chi connectivity index (χ0) is 40.0.